The lowest BCUT2D eigenvalue weighted by molar-refractivity contribution is -0.125. The first kappa shape index (κ1) is 20.4. The van der Waals surface area contributed by atoms with E-state index in [2.05, 4.69) is 5.32 Å². The molecule has 2 aromatic carbocycles. The van der Waals surface area contributed by atoms with Gasteiger partial charge >= 0.3 is 0 Å². The van der Waals surface area contributed by atoms with Crippen LogP contribution in [0.15, 0.2) is 60.3 Å². The van der Waals surface area contributed by atoms with Gasteiger partial charge in [-0.2, -0.15) is 5.26 Å². The Kier molecular flexibility index (Phi) is 5.80. The van der Waals surface area contributed by atoms with Gasteiger partial charge in [-0.15, -0.1) is 0 Å². The highest BCUT2D eigenvalue weighted by Gasteiger charge is 2.22. The average molecular weight is 416 g/mol. The van der Waals surface area contributed by atoms with Gasteiger partial charge in [0.25, 0.3) is 5.91 Å². The Balaban J connectivity index is 1.61. The van der Waals surface area contributed by atoms with Crippen LogP contribution in [0.4, 0.5) is 10.1 Å². The number of nitrogens with zero attached hydrogens (tertiary/aromatic N) is 3. The van der Waals surface area contributed by atoms with Gasteiger partial charge in [-0.1, -0.05) is 18.2 Å². The molecule has 0 atom stereocenters. The monoisotopic (exact) mass is 416 g/mol. The number of carbonyl (C=O) groups is 2. The summed E-state index contributed by atoms with van der Waals surface area (Å²) < 4.78 is 14.8. The Morgan fingerprint density at radius 1 is 1.10 bits per heavy atom. The maximum atomic E-state index is 13.1. The van der Waals surface area contributed by atoms with Gasteiger partial charge < -0.3 is 14.8 Å². The van der Waals surface area contributed by atoms with E-state index in [1.165, 1.54) is 24.3 Å². The molecule has 1 fully saturated rings. The molecule has 1 N–H and O–H groups in total. The van der Waals surface area contributed by atoms with Crippen molar-refractivity contribution in [1.29, 1.82) is 5.26 Å². The maximum absolute atomic E-state index is 13.1. The molecule has 0 spiro atoms. The zero-order valence-corrected chi connectivity index (χ0v) is 16.8. The van der Waals surface area contributed by atoms with Crippen LogP contribution in [0.25, 0.3) is 17.0 Å². The first-order valence-electron chi connectivity index (χ1n) is 10.1. The Labute approximate surface area is 179 Å². The van der Waals surface area contributed by atoms with Crippen LogP contribution in [0, 0.1) is 17.1 Å². The largest absolute Gasteiger partial charge is 0.338 e. The number of rotatable bonds is 5. The minimum atomic E-state index is -0.373. The molecular formula is C24H21FN4O2. The van der Waals surface area contributed by atoms with Gasteiger partial charge in [0.1, 0.15) is 24.0 Å². The van der Waals surface area contributed by atoms with Crippen molar-refractivity contribution >= 4 is 34.5 Å². The molecule has 7 heteroatoms. The van der Waals surface area contributed by atoms with Crippen LogP contribution in [0.5, 0.6) is 0 Å². The van der Waals surface area contributed by atoms with E-state index in [-0.39, 0.29) is 29.7 Å². The molecule has 31 heavy (non-hydrogen) atoms. The number of nitriles is 1. The van der Waals surface area contributed by atoms with E-state index in [1.54, 1.807) is 21.7 Å². The van der Waals surface area contributed by atoms with Crippen molar-refractivity contribution in [3.05, 3.63) is 71.7 Å². The molecule has 0 bridgehead atoms. The van der Waals surface area contributed by atoms with Crippen LogP contribution in [-0.2, 0) is 16.1 Å². The number of aromatic nitrogens is 1. The van der Waals surface area contributed by atoms with Crippen LogP contribution in [0.3, 0.4) is 0 Å². The highest BCUT2D eigenvalue weighted by atomic mass is 19.1. The van der Waals surface area contributed by atoms with Gasteiger partial charge in [0.15, 0.2) is 0 Å². The fourth-order valence-electron chi connectivity index (χ4n) is 3.80. The van der Waals surface area contributed by atoms with Gasteiger partial charge in [-0.25, -0.2) is 4.39 Å². The molecule has 1 aliphatic rings. The summed E-state index contributed by atoms with van der Waals surface area (Å²) >= 11 is 0. The van der Waals surface area contributed by atoms with Crippen molar-refractivity contribution in [2.45, 2.75) is 19.4 Å². The first-order chi connectivity index (χ1) is 15.0. The molecule has 0 aliphatic carbocycles. The van der Waals surface area contributed by atoms with E-state index in [4.69, 9.17) is 0 Å². The quantitative estimate of drug-likeness (QED) is 0.505. The van der Waals surface area contributed by atoms with Crippen molar-refractivity contribution in [1.82, 2.24) is 9.47 Å². The SMILES string of the molecule is N#C/C(=C\c1cn(CC(=O)Nc2ccc(F)cc2)c2ccccc12)C(=O)N1CCCC1. The Hall–Kier alpha value is -3.92. The lowest BCUT2D eigenvalue weighted by Crippen LogP contribution is -2.28. The number of benzene rings is 2. The summed E-state index contributed by atoms with van der Waals surface area (Å²) in [6.45, 7) is 1.38. The predicted octanol–water partition coefficient (Wildman–Crippen LogP) is 3.95. The molecule has 6 nitrogen and oxygen atoms in total. The minimum Gasteiger partial charge on any atom is -0.338 e. The number of nitrogens with one attached hydrogen (secondary N) is 1. The highest BCUT2D eigenvalue weighted by molar-refractivity contribution is 6.04. The van der Waals surface area contributed by atoms with Crippen molar-refractivity contribution in [2.75, 3.05) is 18.4 Å². The van der Waals surface area contributed by atoms with E-state index >= 15 is 0 Å². The number of hydrogen-bond donors (Lipinski definition) is 1. The third-order valence-corrected chi connectivity index (χ3v) is 5.31. The third-order valence-electron chi connectivity index (χ3n) is 5.31. The Morgan fingerprint density at radius 2 is 1.81 bits per heavy atom. The summed E-state index contributed by atoms with van der Waals surface area (Å²) in [5, 5.41) is 13.2. The van der Waals surface area contributed by atoms with Gasteiger partial charge in [0.05, 0.1) is 0 Å². The summed E-state index contributed by atoms with van der Waals surface area (Å²) in [4.78, 5) is 26.9. The topological polar surface area (TPSA) is 78.1 Å². The molecule has 0 radical (unpaired) electrons. The lowest BCUT2D eigenvalue weighted by atomic mass is 10.1. The van der Waals surface area contributed by atoms with E-state index in [9.17, 15) is 19.2 Å². The third kappa shape index (κ3) is 4.48. The number of fused-ring (bicyclic) bond motifs is 1. The Bertz CT molecular complexity index is 1200. The number of para-hydroxylation sites is 1. The van der Waals surface area contributed by atoms with Crippen LogP contribution in [0.1, 0.15) is 18.4 Å². The van der Waals surface area contributed by atoms with E-state index < -0.39 is 0 Å². The molecule has 4 rings (SSSR count). The second-order valence-corrected chi connectivity index (χ2v) is 7.45. The molecule has 156 valence electrons. The first-order valence-corrected chi connectivity index (χ1v) is 10.1. The van der Waals surface area contributed by atoms with E-state index in [0.29, 0.717) is 24.3 Å². The van der Waals surface area contributed by atoms with Crippen molar-refractivity contribution in [2.24, 2.45) is 0 Å². The number of carbonyl (C=O) groups excluding carboxylic acids is 2. The lowest BCUT2D eigenvalue weighted by Gasteiger charge is -2.13. The van der Waals surface area contributed by atoms with Crippen molar-refractivity contribution in [3.63, 3.8) is 0 Å². The van der Waals surface area contributed by atoms with Crippen LogP contribution < -0.4 is 5.32 Å². The molecule has 1 aromatic heterocycles. The molecule has 2 heterocycles. The molecule has 0 unspecified atom stereocenters. The smallest absolute Gasteiger partial charge is 0.264 e. The highest BCUT2D eigenvalue weighted by Crippen LogP contribution is 2.24. The van der Waals surface area contributed by atoms with Crippen LogP contribution >= 0.6 is 0 Å². The fraction of sp³-hybridized carbons (Fsp3) is 0.208. The number of halogens is 1. The number of amides is 2. The maximum Gasteiger partial charge on any atom is 0.264 e. The standard InChI is InChI=1S/C24H21FN4O2/c25-19-7-9-20(10-8-19)27-23(30)16-29-15-18(21-5-1-2-6-22(21)29)13-17(14-26)24(31)28-11-3-4-12-28/h1-2,5-10,13,15H,3-4,11-12,16H2,(H,27,30)/b17-13+. The van der Waals surface area contributed by atoms with Gasteiger partial charge in [-0.3, -0.25) is 9.59 Å². The minimum absolute atomic E-state index is 0.0354. The van der Waals surface area contributed by atoms with Crippen LogP contribution in [0.2, 0.25) is 0 Å². The van der Waals surface area contributed by atoms with Gasteiger partial charge in [0.2, 0.25) is 5.91 Å². The zero-order valence-electron chi connectivity index (χ0n) is 16.8. The molecule has 3 aromatic rings. The number of anilines is 1. The van der Waals surface area contributed by atoms with Crippen molar-refractivity contribution < 1.29 is 14.0 Å². The summed E-state index contributed by atoms with van der Waals surface area (Å²) in [7, 11) is 0. The molecule has 1 aliphatic heterocycles. The number of likely N-dealkylation sites (tertiary alicyclic amines) is 1. The predicted molar refractivity (Wildman–Crippen MR) is 116 cm³/mol. The normalized spacial score (nSPS) is 13.9. The second-order valence-electron chi connectivity index (χ2n) is 7.45. The van der Waals surface area contributed by atoms with E-state index in [1.807, 2.05) is 30.3 Å². The fourth-order valence-corrected chi connectivity index (χ4v) is 3.80. The average Bonchev–Trinajstić information content (AvgIpc) is 3.42. The zero-order chi connectivity index (χ0) is 21.8. The summed E-state index contributed by atoms with van der Waals surface area (Å²) in [5.74, 6) is -0.898. The van der Waals surface area contributed by atoms with Crippen molar-refractivity contribution in [3.8, 4) is 6.07 Å². The number of hydrogen-bond acceptors (Lipinski definition) is 3. The summed E-state index contributed by atoms with van der Waals surface area (Å²) in [6.07, 6.45) is 5.26. The van der Waals surface area contributed by atoms with Gasteiger partial charge in [0, 0.05) is 41.4 Å². The van der Waals surface area contributed by atoms with Gasteiger partial charge in [-0.05, 0) is 49.2 Å². The summed E-state index contributed by atoms with van der Waals surface area (Å²) in [5.41, 5.74) is 2.11. The Morgan fingerprint density at radius 3 is 2.52 bits per heavy atom. The molecule has 0 saturated carbocycles. The second kappa shape index (κ2) is 8.84. The molecule has 1 saturated heterocycles. The van der Waals surface area contributed by atoms with Crippen LogP contribution in [-0.4, -0.2) is 34.4 Å². The molecule has 2 amide bonds. The molecular weight excluding hydrogens is 395 g/mol. The van der Waals surface area contributed by atoms with E-state index in [0.717, 1.165) is 23.7 Å². The summed E-state index contributed by atoms with van der Waals surface area (Å²) in [6, 6.07) is 15.1.